The van der Waals surface area contributed by atoms with Crippen molar-refractivity contribution in [2.75, 3.05) is 52.6 Å². The van der Waals surface area contributed by atoms with Crippen LogP contribution in [0.5, 0.6) is 0 Å². The fourth-order valence-corrected chi connectivity index (χ4v) is 13.8. The molecule has 380 valence electrons. The third-order valence-corrected chi connectivity index (χ3v) is 17.6. The maximum Gasteiger partial charge on any atom is 0.407 e. The summed E-state index contributed by atoms with van der Waals surface area (Å²) in [6.07, 6.45) is 42.2. The molecule has 5 rings (SSSR count). The average Bonchev–Trinajstić information content (AvgIpc) is 3.67. The summed E-state index contributed by atoms with van der Waals surface area (Å²) >= 11 is 0. The maximum atomic E-state index is 12.9. The lowest BCUT2D eigenvalue weighted by Crippen LogP contribution is -2.51. The van der Waals surface area contributed by atoms with Crippen molar-refractivity contribution in [2.45, 2.75) is 234 Å². The van der Waals surface area contributed by atoms with Crippen LogP contribution < -0.4 is 5.32 Å². The molecule has 5 aliphatic rings. The molecular weight excluding hydrogens is 821 g/mol. The lowest BCUT2D eigenvalue weighted by Gasteiger charge is -2.58. The van der Waals surface area contributed by atoms with Gasteiger partial charge in [0.1, 0.15) is 19.3 Å². The van der Waals surface area contributed by atoms with Gasteiger partial charge in [-0.1, -0.05) is 149 Å². The molecule has 0 radical (unpaired) electrons. The van der Waals surface area contributed by atoms with Gasteiger partial charge in [0.15, 0.2) is 0 Å². The summed E-state index contributed by atoms with van der Waals surface area (Å²) < 4.78 is 23.8. The molecule has 9 atom stereocenters. The van der Waals surface area contributed by atoms with Gasteiger partial charge in [-0.05, 0) is 149 Å². The van der Waals surface area contributed by atoms with Crippen molar-refractivity contribution in [3.8, 4) is 0 Å². The smallest absolute Gasteiger partial charge is 0.407 e. The van der Waals surface area contributed by atoms with E-state index in [1.165, 1.54) is 160 Å². The lowest BCUT2D eigenvalue weighted by molar-refractivity contribution is -0.145. The van der Waals surface area contributed by atoms with Crippen LogP contribution >= 0.6 is 0 Å². The highest BCUT2D eigenvalue weighted by Gasteiger charge is 2.59. The molecule has 1 aliphatic heterocycles. The molecule has 0 aromatic heterocycles. The van der Waals surface area contributed by atoms with Crippen molar-refractivity contribution >= 4 is 12.1 Å². The Bertz CT molecular complexity index is 1430. The summed E-state index contributed by atoms with van der Waals surface area (Å²) in [5.74, 6) is 4.39. The first-order chi connectivity index (χ1) is 32.0. The summed E-state index contributed by atoms with van der Waals surface area (Å²) in [7, 11) is 0. The van der Waals surface area contributed by atoms with Crippen LogP contribution in [-0.2, 0) is 23.7 Å². The highest BCUT2D eigenvalue weighted by Crippen LogP contribution is 2.67. The zero-order valence-corrected chi connectivity index (χ0v) is 43.7. The molecule has 3 saturated carbocycles. The maximum absolute atomic E-state index is 12.9. The number of hydrogen-bond donors (Lipinski definition) is 1. The zero-order chi connectivity index (χ0) is 47.0. The summed E-state index contributed by atoms with van der Waals surface area (Å²) in [5.41, 5.74) is 2.20. The fraction of sp³-hybridized carbons (Fsp3) is 0.897. The number of carbonyl (C=O) groups is 2. The number of fused-ring (bicyclic) bond motifs is 5. The van der Waals surface area contributed by atoms with Crippen LogP contribution in [-0.4, -0.2) is 81.8 Å². The second-order valence-corrected chi connectivity index (χ2v) is 23.0. The molecule has 1 heterocycles. The van der Waals surface area contributed by atoms with E-state index in [0.29, 0.717) is 18.6 Å². The van der Waals surface area contributed by atoms with E-state index in [1.54, 1.807) is 0 Å². The largest absolute Gasteiger partial charge is 0.462 e. The molecule has 0 aromatic rings. The molecule has 8 nitrogen and oxygen atoms in total. The summed E-state index contributed by atoms with van der Waals surface area (Å²) in [6.45, 7) is 19.4. The highest BCUT2D eigenvalue weighted by atomic mass is 16.6. The number of nitrogens with zero attached hydrogens (tertiary/aromatic N) is 1. The molecule has 0 spiro atoms. The van der Waals surface area contributed by atoms with Crippen LogP contribution in [0.4, 0.5) is 4.79 Å². The van der Waals surface area contributed by atoms with Gasteiger partial charge >= 0.3 is 12.1 Å². The molecule has 1 N–H and O–H groups in total. The molecule has 66 heavy (non-hydrogen) atoms. The number of allylic oxidation sites excluding steroid dienone is 3. The highest BCUT2D eigenvalue weighted by molar-refractivity contribution is 5.77. The van der Waals surface area contributed by atoms with E-state index >= 15 is 0 Å². The van der Waals surface area contributed by atoms with E-state index in [4.69, 9.17) is 18.9 Å². The fourth-order valence-electron chi connectivity index (χ4n) is 13.8. The average molecular weight is 923 g/mol. The first-order valence-electron chi connectivity index (χ1n) is 28.4. The number of ether oxygens (including phenoxy) is 4. The second-order valence-electron chi connectivity index (χ2n) is 23.0. The molecule has 0 aromatic carbocycles. The molecule has 8 heteroatoms. The van der Waals surface area contributed by atoms with Crippen LogP contribution in [0.15, 0.2) is 23.8 Å². The topological polar surface area (TPSA) is 86.3 Å². The first kappa shape index (κ1) is 55.0. The molecule has 1 saturated heterocycles. The molecule has 7 unspecified atom stereocenters. The predicted molar refractivity (Wildman–Crippen MR) is 273 cm³/mol. The number of hydrogen-bond acceptors (Lipinski definition) is 7. The number of nitrogens with one attached hydrogen (secondary N) is 1. The van der Waals surface area contributed by atoms with Crippen molar-refractivity contribution in [1.29, 1.82) is 0 Å². The number of rotatable bonds is 32. The molecular formula is C58H102N2O6. The number of alkyl carbamates (subject to hydrolysis) is 1. The minimum atomic E-state index is -0.528. The van der Waals surface area contributed by atoms with E-state index in [1.807, 2.05) is 0 Å². The Labute approximate surface area is 405 Å². The Morgan fingerprint density at radius 3 is 2.23 bits per heavy atom. The number of carbonyl (C=O) groups excluding carboxylic acids is 2. The number of amides is 1. The minimum Gasteiger partial charge on any atom is -0.462 e. The number of unbranched alkanes of at least 4 members (excludes halogenated alkanes) is 12. The van der Waals surface area contributed by atoms with Gasteiger partial charge in [-0.15, -0.1) is 0 Å². The molecule has 4 fully saturated rings. The Kier molecular flexibility index (Phi) is 25.0. The predicted octanol–water partition coefficient (Wildman–Crippen LogP) is 14.6. The third kappa shape index (κ3) is 17.8. The van der Waals surface area contributed by atoms with E-state index in [0.717, 1.165) is 87.4 Å². The minimum absolute atomic E-state index is 0.0574. The van der Waals surface area contributed by atoms with Crippen molar-refractivity contribution < 1.29 is 28.5 Å². The SMILES string of the molecule is CCCCCCCC/C=C\CCCCCCCCOCC(CN1CCCCC1)OCCOC(=O)CNC(=O)OC1CC[C@@]2(C)C(=CC[C@H]3C4CCC(C(C)CCCC(C)C)C4(C)CCC32)C1. The van der Waals surface area contributed by atoms with Crippen LogP contribution in [0.25, 0.3) is 0 Å². The van der Waals surface area contributed by atoms with Crippen LogP contribution in [0, 0.1) is 46.3 Å². The van der Waals surface area contributed by atoms with Gasteiger partial charge in [-0.3, -0.25) is 4.79 Å². The van der Waals surface area contributed by atoms with Crippen molar-refractivity contribution in [1.82, 2.24) is 10.2 Å². The molecule has 4 aliphatic carbocycles. The van der Waals surface area contributed by atoms with Crippen LogP contribution in [0.3, 0.4) is 0 Å². The Balaban J connectivity index is 0.919. The Morgan fingerprint density at radius 2 is 1.50 bits per heavy atom. The van der Waals surface area contributed by atoms with E-state index < -0.39 is 12.1 Å². The van der Waals surface area contributed by atoms with Crippen LogP contribution in [0.2, 0.25) is 0 Å². The van der Waals surface area contributed by atoms with Gasteiger partial charge in [-0.2, -0.15) is 0 Å². The van der Waals surface area contributed by atoms with E-state index in [-0.39, 0.29) is 30.8 Å². The van der Waals surface area contributed by atoms with Gasteiger partial charge in [0.2, 0.25) is 0 Å². The normalized spacial score (nSPS) is 28.7. The van der Waals surface area contributed by atoms with Gasteiger partial charge in [0, 0.05) is 19.6 Å². The summed E-state index contributed by atoms with van der Waals surface area (Å²) in [6, 6.07) is 0. The monoisotopic (exact) mass is 923 g/mol. The number of esters is 1. The van der Waals surface area contributed by atoms with Gasteiger partial charge in [0.25, 0.3) is 0 Å². The van der Waals surface area contributed by atoms with Gasteiger partial charge in [0.05, 0.1) is 19.3 Å². The van der Waals surface area contributed by atoms with Crippen LogP contribution in [0.1, 0.15) is 221 Å². The third-order valence-electron chi connectivity index (χ3n) is 17.6. The van der Waals surface area contributed by atoms with Crippen molar-refractivity contribution in [3.05, 3.63) is 23.8 Å². The Hall–Kier alpha value is -1.90. The lowest BCUT2D eigenvalue weighted by atomic mass is 9.47. The quantitative estimate of drug-likeness (QED) is 0.0409. The van der Waals surface area contributed by atoms with Gasteiger partial charge in [-0.25, -0.2) is 4.79 Å². The van der Waals surface area contributed by atoms with Crippen molar-refractivity contribution in [3.63, 3.8) is 0 Å². The first-order valence-corrected chi connectivity index (χ1v) is 28.4. The molecule has 0 bridgehead atoms. The summed E-state index contributed by atoms with van der Waals surface area (Å²) in [4.78, 5) is 28.1. The summed E-state index contributed by atoms with van der Waals surface area (Å²) in [5, 5.41) is 2.67. The van der Waals surface area contributed by atoms with Crippen molar-refractivity contribution in [2.24, 2.45) is 46.3 Å². The second kappa shape index (κ2) is 30.0. The zero-order valence-electron chi connectivity index (χ0n) is 43.7. The number of likely N-dealkylation sites (tertiary alicyclic amines) is 1. The van der Waals surface area contributed by atoms with E-state index in [9.17, 15) is 9.59 Å². The van der Waals surface area contributed by atoms with Gasteiger partial charge < -0.3 is 29.2 Å². The Morgan fingerprint density at radius 1 is 0.788 bits per heavy atom. The van der Waals surface area contributed by atoms with E-state index in [2.05, 4.69) is 70.0 Å². The standard InChI is InChI=1S/C58H102N2O6/c1-7-8-9-10-11-12-13-14-15-16-17-18-19-20-21-25-39-63-45-50(44-60-37-23-22-24-38-60)64-40-41-65-55(61)43-59-56(62)66-49-33-35-57(5)48(42-49)29-30-51-53-32-31-52(47(4)28-26-27-46(2)3)58(53,6)36-34-54(51)57/h14-15,29,46-47,49-54H,7-13,16-28,30-45H2,1-6H3,(H,59,62)/b15-14-/t47?,49?,50?,51-,52?,53?,54?,57-,58?/m0/s1. The number of piperidine rings is 1. The molecule has 1 amide bonds.